The van der Waals surface area contributed by atoms with Crippen LogP contribution in [0.2, 0.25) is 0 Å². The Bertz CT molecular complexity index is 395. The molecular formula is C15H26N2O4. The molecule has 6 heteroatoms. The largest absolute Gasteiger partial charge is 0.469 e. The number of carbonyl (C=O) groups is 3. The van der Waals surface area contributed by atoms with Gasteiger partial charge in [-0.3, -0.25) is 14.4 Å². The van der Waals surface area contributed by atoms with Gasteiger partial charge in [-0.25, -0.2) is 0 Å². The molecule has 6 nitrogen and oxygen atoms in total. The fourth-order valence-corrected chi connectivity index (χ4v) is 2.57. The molecule has 2 amide bonds. The van der Waals surface area contributed by atoms with Gasteiger partial charge in [0, 0.05) is 32.6 Å². The Balaban J connectivity index is 2.57. The third kappa shape index (κ3) is 5.02. The zero-order valence-electron chi connectivity index (χ0n) is 13.4. The molecule has 120 valence electrons. The van der Waals surface area contributed by atoms with Crippen LogP contribution < -0.4 is 0 Å². The second-order valence-corrected chi connectivity index (χ2v) is 5.84. The van der Waals surface area contributed by atoms with Gasteiger partial charge >= 0.3 is 5.97 Å². The lowest BCUT2D eigenvalue weighted by Crippen LogP contribution is -2.39. The van der Waals surface area contributed by atoms with E-state index in [1.54, 1.807) is 9.80 Å². The van der Waals surface area contributed by atoms with E-state index in [0.29, 0.717) is 32.1 Å². The maximum Gasteiger partial charge on any atom is 0.307 e. The Morgan fingerprint density at radius 3 is 2.62 bits per heavy atom. The third-order valence-electron chi connectivity index (χ3n) is 3.66. The van der Waals surface area contributed by atoms with Gasteiger partial charge in [0.15, 0.2) is 0 Å². The predicted octanol–water partition coefficient (Wildman–Crippen LogP) is 0.902. The highest BCUT2D eigenvalue weighted by atomic mass is 16.5. The fraction of sp³-hybridized carbons (Fsp3) is 0.800. The van der Waals surface area contributed by atoms with E-state index >= 15 is 0 Å². The van der Waals surface area contributed by atoms with Crippen molar-refractivity contribution in [3.05, 3.63) is 0 Å². The summed E-state index contributed by atoms with van der Waals surface area (Å²) in [5, 5.41) is 0. The molecule has 0 aliphatic carbocycles. The van der Waals surface area contributed by atoms with Crippen molar-refractivity contribution in [1.29, 1.82) is 0 Å². The van der Waals surface area contributed by atoms with Crippen LogP contribution in [0.4, 0.5) is 0 Å². The van der Waals surface area contributed by atoms with E-state index in [1.165, 1.54) is 7.11 Å². The highest BCUT2D eigenvalue weighted by Crippen LogP contribution is 2.21. The number of likely N-dealkylation sites (tertiary alicyclic amines) is 1. The monoisotopic (exact) mass is 298 g/mol. The normalized spacial score (nSPS) is 18.2. The van der Waals surface area contributed by atoms with Gasteiger partial charge in [-0.2, -0.15) is 0 Å². The molecule has 1 atom stereocenters. The molecule has 0 aromatic carbocycles. The quantitative estimate of drug-likeness (QED) is 0.655. The summed E-state index contributed by atoms with van der Waals surface area (Å²) in [5.41, 5.74) is 0. The third-order valence-corrected chi connectivity index (χ3v) is 3.66. The molecule has 1 aliphatic rings. The summed E-state index contributed by atoms with van der Waals surface area (Å²) >= 11 is 0. The number of carbonyl (C=O) groups excluding carboxylic acids is 3. The van der Waals surface area contributed by atoms with Crippen molar-refractivity contribution in [3.63, 3.8) is 0 Å². The number of hydrogen-bond acceptors (Lipinski definition) is 4. The number of ether oxygens (including phenoxy) is 1. The van der Waals surface area contributed by atoms with Crippen LogP contribution in [0.1, 0.15) is 33.6 Å². The summed E-state index contributed by atoms with van der Waals surface area (Å²) in [7, 11) is 1.33. The first-order valence-electron chi connectivity index (χ1n) is 7.52. The van der Waals surface area contributed by atoms with E-state index in [1.807, 2.05) is 6.92 Å². The number of rotatable bonds is 7. The standard InChI is InChI=1S/C15H26N2O4/c1-5-16(7-6-14(19)21-4)15(20)12-8-13(18)17(10-12)9-11(2)3/h11-12H,5-10H2,1-4H3. The number of amides is 2. The van der Waals surface area contributed by atoms with Crippen LogP contribution in [0.15, 0.2) is 0 Å². The van der Waals surface area contributed by atoms with Gasteiger partial charge in [-0.15, -0.1) is 0 Å². The van der Waals surface area contributed by atoms with Crippen LogP contribution in [0, 0.1) is 11.8 Å². The highest BCUT2D eigenvalue weighted by Gasteiger charge is 2.36. The summed E-state index contributed by atoms with van der Waals surface area (Å²) in [6, 6.07) is 0. The van der Waals surface area contributed by atoms with Gasteiger partial charge in [-0.05, 0) is 12.8 Å². The zero-order valence-corrected chi connectivity index (χ0v) is 13.4. The van der Waals surface area contributed by atoms with Crippen LogP contribution in [-0.4, -0.2) is 60.9 Å². The van der Waals surface area contributed by atoms with Gasteiger partial charge in [0.2, 0.25) is 11.8 Å². The SMILES string of the molecule is CCN(CCC(=O)OC)C(=O)C1CC(=O)N(CC(C)C)C1. The van der Waals surface area contributed by atoms with E-state index in [9.17, 15) is 14.4 Å². The zero-order chi connectivity index (χ0) is 16.0. The first-order chi connectivity index (χ1) is 9.88. The topological polar surface area (TPSA) is 66.9 Å². The molecule has 1 saturated heterocycles. The van der Waals surface area contributed by atoms with Crippen molar-refractivity contribution in [1.82, 2.24) is 9.80 Å². The average Bonchev–Trinajstić information content (AvgIpc) is 2.79. The molecule has 0 N–H and O–H groups in total. The van der Waals surface area contributed by atoms with Gasteiger partial charge in [0.25, 0.3) is 0 Å². The number of methoxy groups -OCH3 is 1. The summed E-state index contributed by atoms with van der Waals surface area (Å²) in [6.07, 6.45) is 0.465. The number of esters is 1. The Hall–Kier alpha value is -1.59. The van der Waals surface area contributed by atoms with Crippen LogP contribution in [0.3, 0.4) is 0 Å². The minimum Gasteiger partial charge on any atom is -0.469 e. The van der Waals surface area contributed by atoms with Gasteiger partial charge in [0.1, 0.15) is 0 Å². The number of nitrogens with zero attached hydrogens (tertiary/aromatic N) is 2. The van der Waals surface area contributed by atoms with E-state index in [2.05, 4.69) is 18.6 Å². The van der Waals surface area contributed by atoms with Crippen molar-refractivity contribution in [2.75, 3.05) is 33.3 Å². The smallest absolute Gasteiger partial charge is 0.307 e. The fourth-order valence-electron chi connectivity index (χ4n) is 2.57. The summed E-state index contributed by atoms with van der Waals surface area (Å²) < 4.78 is 4.59. The molecule has 1 fully saturated rings. The highest BCUT2D eigenvalue weighted by molar-refractivity contribution is 5.89. The lowest BCUT2D eigenvalue weighted by Gasteiger charge is -2.24. The molecule has 0 aromatic heterocycles. The van der Waals surface area contributed by atoms with Crippen LogP contribution >= 0.6 is 0 Å². The Morgan fingerprint density at radius 1 is 1.43 bits per heavy atom. The van der Waals surface area contributed by atoms with Crippen LogP contribution in [0.25, 0.3) is 0 Å². The lowest BCUT2D eigenvalue weighted by molar-refractivity contribution is -0.142. The summed E-state index contributed by atoms with van der Waals surface area (Å²) in [5.74, 6) is -0.212. The van der Waals surface area contributed by atoms with Crippen molar-refractivity contribution in [2.24, 2.45) is 11.8 Å². The molecule has 21 heavy (non-hydrogen) atoms. The van der Waals surface area contributed by atoms with Gasteiger partial charge in [-0.1, -0.05) is 13.8 Å². The molecule has 0 saturated carbocycles. The molecule has 1 rings (SSSR count). The van der Waals surface area contributed by atoms with E-state index in [4.69, 9.17) is 0 Å². The minimum atomic E-state index is -0.329. The predicted molar refractivity (Wildman–Crippen MR) is 78.4 cm³/mol. The lowest BCUT2D eigenvalue weighted by atomic mass is 10.1. The Morgan fingerprint density at radius 2 is 2.10 bits per heavy atom. The van der Waals surface area contributed by atoms with Crippen LogP contribution in [-0.2, 0) is 19.1 Å². The van der Waals surface area contributed by atoms with E-state index < -0.39 is 0 Å². The average molecular weight is 298 g/mol. The minimum absolute atomic E-state index is 0.0407. The van der Waals surface area contributed by atoms with Crippen molar-refractivity contribution in [3.8, 4) is 0 Å². The first kappa shape index (κ1) is 17.5. The van der Waals surface area contributed by atoms with Crippen LogP contribution in [0.5, 0.6) is 0 Å². The maximum atomic E-state index is 12.4. The Labute approximate surface area is 126 Å². The second-order valence-electron chi connectivity index (χ2n) is 5.84. The van der Waals surface area contributed by atoms with Gasteiger partial charge in [0.05, 0.1) is 19.4 Å². The Kier molecular flexibility index (Phi) is 6.65. The second kappa shape index (κ2) is 8.00. The molecule has 0 bridgehead atoms. The molecule has 1 aliphatic heterocycles. The molecule has 1 unspecified atom stereocenters. The molecule has 0 spiro atoms. The summed E-state index contributed by atoms with van der Waals surface area (Å²) in [4.78, 5) is 39.0. The van der Waals surface area contributed by atoms with E-state index in [0.717, 1.165) is 0 Å². The van der Waals surface area contributed by atoms with E-state index in [-0.39, 0.29) is 36.5 Å². The molecule has 1 heterocycles. The van der Waals surface area contributed by atoms with Gasteiger partial charge < -0.3 is 14.5 Å². The van der Waals surface area contributed by atoms with Crippen molar-refractivity contribution in [2.45, 2.75) is 33.6 Å². The maximum absolute atomic E-state index is 12.4. The van der Waals surface area contributed by atoms with Crippen molar-refractivity contribution < 1.29 is 19.1 Å². The van der Waals surface area contributed by atoms with Crippen molar-refractivity contribution >= 4 is 17.8 Å². The number of hydrogen-bond donors (Lipinski definition) is 0. The first-order valence-corrected chi connectivity index (χ1v) is 7.52. The molecule has 0 radical (unpaired) electrons. The summed E-state index contributed by atoms with van der Waals surface area (Å²) in [6.45, 7) is 8.04. The molecule has 0 aromatic rings. The molecular weight excluding hydrogens is 272 g/mol.